The van der Waals surface area contributed by atoms with Gasteiger partial charge in [-0.1, -0.05) is 24.3 Å². The maximum atomic E-state index is 12.7. The van der Waals surface area contributed by atoms with Crippen molar-refractivity contribution < 1.29 is 18.0 Å². The summed E-state index contributed by atoms with van der Waals surface area (Å²) in [7, 11) is -3.78. The number of carbonyl (C=O) groups excluding carboxylic acids is 2. The lowest BCUT2D eigenvalue weighted by molar-refractivity contribution is -0.122. The molecule has 2 aromatic carbocycles. The fourth-order valence-electron chi connectivity index (χ4n) is 3.11. The fourth-order valence-corrected chi connectivity index (χ4v) is 5.44. The van der Waals surface area contributed by atoms with E-state index in [0.717, 1.165) is 16.8 Å². The molecule has 0 aliphatic carbocycles. The molecule has 0 aromatic heterocycles. The predicted molar refractivity (Wildman–Crippen MR) is 114 cm³/mol. The molecule has 2 amide bonds. The van der Waals surface area contributed by atoms with Crippen molar-refractivity contribution >= 4 is 39.1 Å². The lowest BCUT2D eigenvalue weighted by Gasteiger charge is -2.29. The van der Waals surface area contributed by atoms with Gasteiger partial charge in [-0.25, -0.2) is 8.42 Å². The molecule has 1 aliphatic heterocycles. The van der Waals surface area contributed by atoms with Crippen LogP contribution in [-0.4, -0.2) is 43.3 Å². The maximum absolute atomic E-state index is 12.7. The van der Waals surface area contributed by atoms with Crippen LogP contribution in [0.3, 0.4) is 0 Å². The molecular formula is C20H23N3O4S2. The topological polar surface area (TPSA) is 104 Å². The van der Waals surface area contributed by atoms with Crippen LogP contribution in [0.1, 0.15) is 11.1 Å². The van der Waals surface area contributed by atoms with E-state index in [0.29, 0.717) is 0 Å². The van der Waals surface area contributed by atoms with Gasteiger partial charge in [0, 0.05) is 12.2 Å². The average Bonchev–Trinajstić information content (AvgIpc) is 2.66. The summed E-state index contributed by atoms with van der Waals surface area (Å²) < 4.78 is 25.3. The molecule has 2 aromatic rings. The molecule has 1 fully saturated rings. The van der Waals surface area contributed by atoms with Gasteiger partial charge in [0.05, 0.1) is 10.6 Å². The van der Waals surface area contributed by atoms with Crippen LogP contribution in [0.2, 0.25) is 0 Å². The third kappa shape index (κ3) is 5.37. The van der Waals surface area contributed by atoms with Gasteiger partial charge in [-0.3, -0.25) is 14.9 Å². The number of carbonyl (C=O) groups is 2. The molecule has 3 rings (SSSR count). The van der Waals surface area contributed by atoms with E-state index in [-0.39, 0.29) is 23.1 Å². The summed E-state index contributed by atoms with van der Waals surface area (Å²) in [6.45, 7) is 3.90. The van der Waals surface area contributed by atoms with E-state index in [2.05, 4.69) is 16.0 Å². The van der Waals surface area contributed by atoms with E-state index in [1.54, 1.807) is 18.2 Å². The molecule has 154 valence electrons. The molecule has 2 unspecified atom stereocenters. The molecule has 0 spiro atoms. The van der Waals surface area contributed by atoms with Crippen LogP contribution in [0, 0.1) is 13.8 Å². The van der Waals surface area contributed by atoms with Gasteiger partial charge >= 0.3 is 0 Å². The minimum Gasteiger partial charge on any atom is -0.331 e. The van der Waals surface area contributed by atoms with Crippen molar-refractivity contribution in [3.63, 3.8) is 0 Å². The number of aryl methyl sites for hydroxylation is 2. The molecule has 2 atom stereocenters. The van der Waals surface area contributed by atoms with Crippen LogP contribution in [0.25, 0.3) is 0 Å². The third-order valence-electron chi connectivity index (χ3n) is 4.39. The van der Waals surface area contributed by atoms with Crippen LogP contribution in [0.4, 0.5) is 5.69 Å². The van der Waals surface area contributed by atoms with Crippen molar-refractivity contribution in [1.82, 2.24) is 10.6 Å². The normalized spacial score (nSPS) is 19.4. The van der Waals surface area contributed by atoms with E-state index in [4.69, 9.17) is 0 Å². The molecule has 9 heteroatoms. The van der Waals surface area contributed by atoms with E-state index in [9.17, 15) is 18.0 Å². The summed E-state index contributed by atoms with van der Waals surface area (Å²) >= 11 is 1.20. The Morgan fingerprint density at radius 2 is 1.79 bits per heavy atom. The molecule has 0 radical (unpaired) electrons. The summed E-state index contributed by atoms with van der Waals surface area (Å²) in [5, 5.41) is 7.25. The van der Waals surface area contributed by atoms with E-state index in [1.165, 1.54) is 23.9 Å². The van der Waals surface area contributed by atoms with Crippen LogP contribution in [0.15, 0.2) is 53.4 Å². The standard InChI is InChI=1S/C20H23N3O4S2/c1-13-8-14(2)10-15(9-13)22-18(24)12-28-20-21-11-17(19(25)23-20)29(26,27)16-6-4-3-5-7-16/h3-10,17,20-21H,11-12H2,1-2H3,(H,22,24)(H,23,25). The molecule has 1 aliphatic rings. The Balaban J connectivity index is 1.53. The molecule has 1 heterocycles. The largest absolute Gasteiger partial charge is 0.331 e. The average molecular weight is 434 g/mol. The first-order valence-electron chi connectivity index (χ1n) is 9.08. The molecule has 1 saturated heterocycles. The summed E-state index contributed by atoms with van der Waals surface area (Å²) in [5.74, 6) is -0.656. The highest BCUT2D eigenvalue weighted by Crippen LogP contribution is 2.20. The Morgan fingerprint density at radius 3 is 2.41 bits per heavy atom. The van der Waals surface area contributed by atoms with Gasteiger partial charge in [-0.15, -0.1) is 11.8 Å². The zero-order valence-electron chi connectivity index (χ0n) is 16.1. The van der Waals surface area contributed by atoms with Gasteiger partial charge < -0.3 is 10.6 Å². The first-order chi connectivity index (χ1) is 13.8. The fraction of sp³-hybridized carbons (Fsp3) is 0.300. The Morgan fingerprint density at radius 1 is 1.14 bits per heavy atom. The number of amides is 2. The Labute approximate surface area is 174 Å². The highest BCUT2D eigenvalue weighted by molar-refractivity contribution is 8.00. The maximum Gasteiger partial charge on any atom is 0.241 e. The number of anilines is 1. The first kappa shape index (κ1) is 21.4. The monoisotopic (exact) mass is 433 g/mol. The molecule has 0 saturated carbocycles. The lowest BCUT2D eigenvalue weighted by atomic mass is 10.1. The summed E-state index contributed by atoms with van der Waals surface area (Å²) in [5.41, 5.74) is 2.30. The highest BCUT2D eigenvalue weighted by Gasteiger charge is 2.38. The Hall–Kier alpha value is -2.36. The number of thioether (sulfide) groups is 1. The zero-order chi connectivity index (χ0) is 21.0. The number of sulfone groups is 1. The zero-order valence-corrected chi connectivity index (χ0v) is 17.8. The van der Waals surface area contributed by atoms with Gasteiger partial charge in [0.25, 0.3) is 0 Å². The molecule has 29 heavy (non-hydrogen) atoms. The van der Waals surface area contributed by atoms with E-state index in [1.807, 2.05) is 32.0 Å². The first-order valence-corrected chi connectivity index (χ1v) is 11.7. The van der Waals surface area contributed by atoms with Crippen LogP contribution < -0.4 is 16.0 Å². The molecular weight excluding hydrogens is 410 g/mol. The van der Waals surface area contributed by atoms with Crippen molar-refractivity contribution in [2.24, 2.45) is 0 Å². The minimum absolute atomic E-state index is 0.0145. The van der Waals surface area contributed by atoms with Crippen molar-refractivity contribution in [2.75, 3.05) is 17.6 Å². The number of rotatable bonds is 6. The van der Waals surface area contributed by atoms with Crippen LogP contribution in [0.5, 0.6) is 0 Å². The van der Waals surface area contributed by atoms with E-state index >= 15 is 0 Å². The number of nitrogens with one attached hydrogen (secondary N) is 3. The summed E-state index contributed by atoms with van der Waals surface area (Å²) in [4.78, 5) is 24.7. The molecule has 0 bridgehead atoms. The van der Waals surface area contributed by atoms with Gasteiger partial charge in [0.1, 0.15) is 5.50 Å². The molecule has 3 N–H and O–H groups in total. The number of hydrogen-bond donors (Lipinski definition) is 3. The third-order valence-corrected chi connectivity index (χ3v) is 7.49. The van der Waals surface area contributed by atoms with Gasteiger partial charge in [-0.05, 0) is 49.2 Å². The second-order valence-electron chi connectivity index (χ2n) is 6.88. The SMILES string of the molecule is Cc1cc(C)cc(NC(=O)CSC2NCC(S(=O)(=O)c3ccccc3)C(=O)N2)c1. The smallest absolute Gasteiger partial charge is 0.241 e. The lowest BCUT2D eigenvalue weighted by Crippen LogP contribution is -2.59. The second-order valence-corrected chi connectivity index (χ2v) is 10.1. The number of benzene rings is 2. The second kappa shape index (κ2) is 8.98. The van der Waals surface area contributed by atoms with Crippen LogP contribution in [-0.2, 0) is 19.4 Å². The number of hydrogen-bond acceptors (Lipinski definition) is 6. The molecule has 7 nitrogen and oxygen atoms in total. The van der Waals surface area contributed by atoms with Crippen molar-refractivity contribution in [1.29, 1.82) is 0 Å². The Kier molecular flexibility index (Phi) is 6.61. The predicted octanol–water partition coefficient (Wildman–Crippen LogP) is 1.82. The van der Waals surface area contributed by atoms with Gasteiger partial charge in [0.15, 0.2) is 15.1 Å². The van der Waals surface area contributed by atoms with Crippen molar-refractivity contribution in [3.8, 4) is 0 Å². The quantitative estimate of drug-likeness (QED) is 0.642. The summed E-state index contributed by atoms with van der Waals surface area (Å²) in [6, 6.07) is 13.7. The van der Waals surface area contributed by atoms with Crippen molar-refractivity contribution in [3.05, 3.63) is 59.7 Å². The minimum atomic E-state index is -3.78. The van der Waals surface area contributed by atoms with E-state index < -0.39 is 26.5 Å². The highest BCUT2D eigenvalue weighted by atomic mass is 32.2. The summed E-state index contributed by atoms with van der Waals surface area (Å²) in [6.07, 6.45) is 0. The van der Waals surface area contributed by atoms with Crippen molar-refractivity contribution in [2.45, 2.75) is 29.5 Å². The Bertz CT molecular complexity index is 989. The van der Waals surface area contributed by atoms with Gasteiger partial charge in [-0.2, -0.15) is 0 Å². The van der Waals surface area contributed by atoms with Crippen LogP contribution >= 0.6 is 11.8 Å². The van der Waals surface area contributed by atoms with Gasteiger partial charge in [0.2, 0.25) is 11.8 Å².